The number of hydrogen-bond acceptors (Lipinski definition) is 5. The summed E-state index contributed by atoms with van der Waals surface area (Å²) in [4.78, 5) is 12.3. The molecular weight excluding hydrogens is 442 g/mol. The second kappa shape index (κ2) is 20.2. The maximum Gasteiger partial charge on any atom is 0.267 e. The number of hydrogen-bond donors (Lipinski definition) is 4. The summed E-state index contributed by atoms with van der Waals surface area (Å²) in [7, 11) is -4.42. The molecule has 0 aromatic heterocycles. The van der Waals surface area contributed by atoms with Crippen molar-refractivity contribution >= 4 is 16.0 Å². The minimum absolute atomic E-state index is 0.264. The zero-order chi connectivity index (χ0) is 25.0. The molecule has 0 saturated heterocycles. The third-order valence-electron chi connectivity index (χ3n) is 5.48. The maximum absolute atomic E-state index is 12.3. The van der Waals surface area contributed by atoms with Crippen LogP contribution in [0.4, 0.5) is 0 Å². The van der Waals surface area contributed by atoms with Gasteiger partial charge in [0.05, 0.1) is 17.9 Å². The van der Waals surface area contributed by atoms with Crippen LogP contribution in [-0.4, -0.2) is 53.1 Å². The first-order valence-corrected chi connectivity index (χ1v) is 14.3. The Bertz CT molecular complexity index is 647. The van der Waals surface area contributed by atoms with E-state index in [4.69, 9.17) is 0 Å². The highest BCUT2D eigenvalue weighted by molar-refractivity contribution is 7.85. The summed E-state index contributed by atoms with van der Waals surface area (Å²) in [6, 6.07) is -1.23. The average Bonchev–Trinajstić information content (AvgIpc) is 2.75. The molecule has 0 aliphatic carbocycles. The Morgan fingerprint density at radius 3 is 1.97 bits per heavy atom. The number of aliphatic hydroxyl groups excluding tert-OH is 2. The third-order valence-corrected chi connectivity index (χ3v) is 6.26. The van der Waals surface area contributed by atoms with Crippen molar-refractivity contribution in [3.8, 4) is 0 Å². The van der Waals surface area contributed by atoms with Crippen LogP contribution >= 0.6 is 0 Å². The molecule has 8 heteroatoms. The Labute approximate surface area is 201 Å². The van der Waals surface area contributed by atoms with Gasteiger partial charge in [-0.05, 0) is 38.5 Å². The van der Waals surface area contributed by atoms with Crippen molar-refractivity contribution in [2.45, 2.75) is 122 Å². The molecule has 194 valence electrons. The van der Waals surface area contributed by atoms with Gasteiger partial charge in [0.15, 0.2) is 0 Å². The lowest BCUT2D eigenvalue weighted by Crippen LogP contribution is -2.50. The minimum atomic E-state index is -4.42. The van der Waals surface area contributed by atoms with Crippen LogP contribution in [-0.2, 0) is 14.9 Å². The second-order valence-corrected chi connectivity index (χ2v) is 10.2. The van der Waals surface area contributed by atoms with E-state index in [-0.39, 0.29) is 6.42 Å². The number of unbranched alkanes of at least 4 members (excludes halogenated alkanes) is 10. The van der Waals surface area contributed by atoms with E-state index < -0.39 is 40.0 Å². The van der Waals surface area contributed by atoms with Crippen LogP contribution in [0.15, 0.2) is 24.3 Å². The highest BCUT2D eigenvalue weighted by Gasteiger charge is 2.27. The summed E-state index contributed by atoms with van der Waals surface area (Å²) in [5, 5.41) is 22.8. The summed E-state index contributed by atoms with van der Waals surface area (Å²) in [6.07, 6.45) is 18.6. The van der Waals surface area contributed by atoms with Gasteiger partial charge in [0, 0.05) is 0 Å². The Balaban J connectivity index is 4.38. The van der Waals surface area contributed by atoms with Gasteiger partial charge in [0.2, 0.25) is 5.91 Å². The molecule has 7 nitrogen and oxygen atoms in total. The summed E-state index contributed by atoms with van der Waals surface area (Å²) in [5.74, 6) is -1.56. The molecule has 0 fully saturated rings. The Morgan fingerprint density at radius 2 is 1.36 bits per heavy atom. The zero-order valence-corrected chi connectivity index (χ0v) is 21.4. The monoisotopic (exact) mass is 489 g/mol. The first-order valence-electron chi connectivity index (χ1n) is 12.6. The topological polar surface area (TPSA) is 124 Å². The van der Waals surface area contributed by atoms with Crippen LogP contribution < -0.4 is 5.32 Å². The highest BCUT2D eigenvalue weighted by atomic mass is 32.2. The number of aliphatic hydroxyl groups is 2. The number of carbonyl (C=O) groups excluding carboxylic acids is 1. The first-order chi connectivity index (χ1) is 15.7. The molecule has 3 atom stereocenters. The van der Waals surface area contributed by atoms with Crippen molar-refractivity contribution in [1.29, 1.82) is 0 Å². The summed E-state index contributed by atoms with van der Waals surface area (Å²) >= 11 is 0. The quantitative estimate of drug-likeness (QED) is 0.105. The highest BCUT2D eigenvalue weighted by Crippen LogP contribution is 2.10. The lowest BCUT2D eigenvalue weighted by molar-refractivity contribution is -0.130. The van der Waals surface area contributed by atoms with Gasteiger partial charge < -0.3 is 15.5 Å². The molecule has 4 N–H and O–H groups in total. The molecular formula is C25H47NO6S. The van der Waals surface area contributed by atoms with Crippen LogP contribution in [0.5, 0.6) is 0 Å². The largest absolute Gasteiger partial charge is 0.387 e. The van der Waals surface area contributed by atoms with Gasteiger partial charge in [-0.1, -0.05) is 89.5 Å². The van der Waals surface area contributed by atoms with Crippen LogP contribution in [0.2, 0.25) is 0 Å². The molecule has 0 bridgehead atoms. The smallest absolute Gasteiger partial charge is 0.267 e. The lowest BCUT2D eigenvalue weighted by Gasteiger charge is -2.22. The number of amides is 1. The predicted octanol–water partition coefficient (Wildman–Crippen LogP) is 4.69. The standard InChI is InChI=1S/C25H47NO6S/c1-3-5-7-9-11-12-13-14-16-18-20-24(28)25(29)26-22(21-33(30,31)32)23(27)19-17-15-10-8-6-4-2/h9,11,17,19,22-24,27-28H,3-8,10,12-16,18,20-21H2,1-2H3,(H,26,29)(H,30,31,32)/b11-9-,19-17+. The lowest BCUT2D eigenvalue weighted by atomic mass is 10.1. The van der Waals surface area contributed by atoms with Gasteiger partial charge in [-0.3, -0.25) is 9.35 Å². The van der Waals surface area contributed by atoms with E-state index in [1.54, 1.807) is 6.08 Å². The van der Waals surface area contributed by atoms with Gasteiger partial charge in [-0.25, -0.2) is 0 Å². The van der Waals surface area contributed by atoms with Crippen LogP contribution in [0.3, 0.4) is 0 Å². The second-order valence-electron chi connectivity index (χ2n) is 8.75. The van der Waals surface area contributed by atoms with E-state index in [1.807, 2.05) is 0 Å². The molecule has 0 aliphatic heterocycles. The molecule has 0 heterocycles. The molecule has 1 amide bonds. The number of allylic oxidation sites excluding steroid dienone is 3. The summed E-state index contributed by atoms with van der Waals surface area (Å²) < 4.78 is 31.8. The fraction of sp³-hybridized carbons (Fsp3) is 0.800. The third kappa shape index (κ3) is 19.9. The Kier molecular flexibility index (Phi) is 19.4. The van der Waals surface area contributed by atoms with Gasteiger partial charge in [-0.15, -0.1) is 0 Å². The fourth-order valence-electron chi connectivity index (χ4n) is 3.43. The average molecular weight is 490 g/mol. The van der Waals surface area contributed by atoms with Crippen molar-refractivity contribution in [1.82, 2.24) is 5.32 Å². The minimum Gasteiger partial charge on any atom is -0.387 e. The van der Waals surface area contributed by atoms with Gasteiger partial charge >= 0.3 is 0 Å². The van der Waals surface area contributed by atoms with Crippen LogP contribution in [0.1, 0.15) is 104 Å². The molecule has 0 spiro atoms. The van der Waals surface area contributed by atoms with Crippen molar-refractivity contribution in [2.75, 3.05) is 5.75 Å². The molecule has 0 rings (SSSR count). The molecule has 3 unspecified atom stereocenters. The normalized spacial score (nSPS) is 15.2. The number of carbonyl (C=O) groups is 1. The molecule has 33 heavy (non-hydrogen) atoms. The fourth-order valence-corrected chi connectivity index (χ4v) is 4.17. The summed E-state index contributed by atoms with van der Waals surface area (Å²) in [6.45, 7) is 4.29. The van der Waals surface area contributed by atoms with Gasteiger partial charge in [0.25, 0.3) is 10.1 Å². The van der Waals surface area contributed by atoms with Gasteiger partial charge in [-0.2, -0.15) is 8.42 Å². The van der Waals surface area contributed by atoms with Crippen molar-refractivity contribution in [3.63, 3.8) is 0 Å². The van der Waals surface area contributed by atoms with E-state index in [0.29, 0.717) is 6.42 Å². The number of nitrogens with one attached hydrogen (secondary N) is 1. The zero-order valence-electron chi connectivity index (χ0n) is 20.6. The first kappa shape index (κ1) is 31.8. The molecule has 0 aromatic rings. The van der Waals surface area contributed by atoms with Gasteiger partial charge in [0.1, 0.15) is 6.10 Å². The molecule has 0 radical (unpaired) electrons. The van der Waals surface area contributed by atoms with E-state index in [2.05, 4.69) is 31.3 Å². The van der Waals surface area contributed by atoms with Crippen LogP contribution in [0, 0.1) is 0 Å². The maximum atomic E-state index is 12.3. The van der Waals surface area contributed by atoms with E-state index in [1.165, 1.54) is 18.9 Å². The summed E-state index contributed by atoms with van der Waals surface area (Å²) in [5.41, 5.74) is 0. The van der Waals surface area contributed by atoms with E-state index >= 15 is 0 Å². The van der Waals surface area contributed by atoms with Crippen molar-refractivity contribution in [3.05, 3.63) is 24.3 Å². The predicted molar refractivity (Wildman–Crippen MR) is 135 cm³/mol. The molecule has 0 aromatic carbocycles. The molecule has 0 saturated carbocycles. The SMILES string of the molecule is CCCC/C=C\CCCCCCC(O)C(=O)NC(CS(=O)(=O)O)C(O)/C=C/CCCCCC. The number of rotatable bonds is 21. The van der Waals surface area contributed by atoms with Crippen molar-refractivity contribution in [2.24, 2.45) is 0 Å². The van der Waals surface area contributed by atoms with E-state index in [0.717, 1.165) is 64.2 Å². The van der Waals surface area contributed by atoms with Crippen molar-refractivity contribution < 1.29 is 28.0 Å². The van der Waals surface area contributed by atoms with E-state index in [9.17, 15) is 28.0 Å². The van der Waals surface area contributed by atoms with Crippen LogP contribution in [0.25, 0.3) is 0 Å². The molecule has 0 aliphatic rings. The Hall–Kier alpha value is -1.22. The Morgan fingerprint density at radius 1 is 0.818 bits per heavy atom.